The molecular weight excluding hydrogens is 322 g/mol. The Bertz CT molecular complexity index is 670. The molecule has 1 aromatic carbocycles. The molecule has 1 fully saturated rings. The van der Waals surface area contributed by atoms with Crippen LogP contribution in [0, 0.1) is 6.92 Å². The molecule has 1 heterocycles. The minimum Gasteiger partial charge on any atom is -0.507 e. The van der Waals surface area contributed by atoms with Crippen molar-refractivity contribution in [2.75, 3.05) is 6.54 Å². The number of aryl methyl sites for hydroxylation is 1. The SMILES string of the molecule is Cc1cccc(C=C2SC(=S)N(CCCC(=O)O)C2=O)c1O. The molecule has 1 aromatic rings. The molecule has 2 rings (SSSR count). The summed E-state index contributed by atoms with van der Waals surface area (Å²) in [4.78, 5) is 24.7. The number of carboxylic acids is 1. The molecular formula is C15H15NO4S2. The Labute approximate surface area is 137 Å². The van der Waals surface area contributed by atoms with E-state index in [0.29, 0.717) is 21.2 Å². The number of hydrogen-bond acceptors (Lipinski definition) is 5. The van der Waals surface area contributed by atoms with Gasteiger partial charge in [0.05, 0.1) is 4.91 Å². The van der Waals surface area contributed by atoms with Crippen LogP contribution in [0.5, 0.6) is 5.75 Å². The van der Waals surface area contributed by atoms with E-state index in [1.807, 2.05) is 0 Å². The molecule has 1 aliphatic rings. The Kier molecular flexibility index (Phi) is 5.20. The van der Waals surface area contributed by atoms with Gasteiger partial charge in [0.2, 0.25) is 0 Å². The van der Waals surface area contributed by atoms with Crippen LogP contribution in [-0.2, 0) is 9.59 Å². The van der Waals surface area contributed by atoms with Crippen LogP contribution in [0.1, 0.15) is 24.0 Å². The van der Waals surface area contributed by atoms with Crippen LogP contribution in [0.3, 0.4) is 0 Å². The maximum Gasteiger partial charge on any atom is 0.303 e. The van der Waals surface area contributed by atoms with Crippen molar-refractivity contribution in [1.29, 1.82) is 0 Å². The fraction of sp³-hybridized carbons (Fsp3) is 0.267. The van der Waals surface area contributed by atoms with E-state index in [1.165, 1.54) is 4.90 Å². The molecule has 0 saturated carbocycles. The molecule has 0 atom stereocenters. The maximum absolute atomic E-state index is 12.3. The third-order valence-electron chi connectivity index (χ3n) is 3.20. The van der Waals surface area contributed by atoms with E-state index >= 15 is 0 Å². The van der Waals surface area contributed by atoms with Crippen molar-refractivity contribution < 1.29 is 19.8 Å². The number of hydrogen-bond donors (Lipinski definition) is 2. The zero-order valence-corrected chi connectivity index (χ0v) is 13.5. The summed E-state index contributed by atoms with van der Waals surface area (Å²) in [6.07, 6.45) is 1.96. The number of aromatic hydroxyl groups is 1. The molecule has 116 valence electrons. The van der Waals surface area contributed by atoms with Gasteiger partial charge in [-0.3, -0.25) is 14.5 Å². The summed E-state index contributed by atoms with van der Waals surface area (Å²) in [5, 5.41) is 18.6. The number of para-hydroxylation sites is 1. The molecule has 0 radical (unpaired) electrons. The highest BCUT2D eigenvalue weighted by Crippen LogP contribution is 2.34. The Morgan fingerprint density at radius 2 is 2.18 bits per heavy atom. The maximum atomic E-state index is 12.3. The van der Waals surface area contributed by atoms with Crippen molar-refractivity contribution in [2.24, 2.45) is 0 Å². The molecule has 1 amide bonds. The smallest absolute Gasteiger partial charge is 0.303 e. The summed E-state index contributed by atoms with van der Waals surface area (Å²) in [7, 11) is 0. The van der Waals surface area contributed by atoms with Crippen LogP contribution in [-0.4, -0.2) is 37.9 Å². The van der Waals surface area contributed by atoms with Crippen LogP contribution in [0.2, 0.25) is 0 Å². The van der Waals surface area contributed by atoms with Crippen LogP contribution < -0.4 is 0 Å². The van der Waals surface area contributed by atoms with E-state index in [2.05, 4.69) is 0 Å². The molecule has 5 nitrogen and oxygen atoms in total. The predicted molar refractivity (Wildman–Crippen MR) is 89.6 cm³/mol. The number of rotatable bonds is 5. The normalized spacial score (nSPS) is 16.6. The van der Waals surface area contributed by atoms with Crippen molar-refractivity contribution >= 4 is 46.3 Å². The third-order valence-corrected chi connectivity index (χ3v) is 4.58. The average Bonchev–Trinajstić information content (AvgIpc) is 2.71. The lowest BCUT2D eigenvalue weighted by Gasteiger charge is -2.13. The Morgan fingerprint density at radius 3 is 2.86 bits per heavy atom. The van der Waals surface area contributed by atoms with E-state index < -0.39 is 5.97 Å². The molecule has 0 aromatic heterocycles. The number of carbonyl (C=O) groups is 2. The molecule has 1 saturated heterocycles. The van der Waals surface area contributed by atoms with Crippen LogP contribution in [0.15, 0.2) is 23.1 Å². The van der Waals surface area contributed by atoms with Gasteiger partial charge in [0.15, 0.2) is 0 Å². The lowest BCUT2D eigenvalue weighted by Crippen LogP contribution is -2.29. The van der Waals surface area contributed by atoms with Gasteiger partial charge in [-0.15, -0.1) is 0 Å². The second kappa shape index (κ2) is 6.93. The minimum absolute atomic E-state index is 0.00518. The van der Waals surface area contributed by atoms with Gasteiger partial charge in [0.1, 0.15) is 10.1 Å². The first-order valence-electron chi connectivity index (χ1n) is 6.66. The Morgan fingerprint density at radius 1 is 1.45 bits per heavy atom. The topological polar surface area (TPSA) is 77.8 Å². The van der Waals surface area contributed by atoms with Crippen LogP contribution in [0.4, 0.5) is 0 Å². The molecule has 0 aliphatic carbocycles. The summed E-state index contributed by atoms with van der Waals surface area (Å²) in [6, 6.07) is 5.30. The number of phenolic OH excluding ortho intramolecular Hbond substituents is 1. The number of carboxylic acid groups (broad SMARTS) is 1. The second-order valence-corrected chi connectivity index (χ2v) is 6.52. The van der Waals surface area contributed by atoms with E-state index in [1.54, 1.807) is 31.2 Å². The van der Waals surface area contributed by atoms with Crippen molar-refractivity contribution in [2.45, 2.75) is 19.8 Å². The van der Waals surface area contributed by atoms with E-state index in [9.17, 15) is 14.7 Å². The van der Waals surface area contributed by atoms with Crippen molar-refractivity contribution in [3.63, 3.8) is 0 Å². The molecule has 0 spiro atoms. The first kappa shape index (κ1) is 16.5. The highest BCUT2D eigenvalue weighted by molar-refractivity contribution is 8.26. The lowest BCUT2D eigenvalue weighted by atomic mass is 10.1. The summed E-state index contributed by atoms with van der Waals surface area (Å²) in [5.41, 5.74) is 1.29. The number of amides is 1. The Hall–Kier alpha value is -1.86. The number of nitrogens with zero attached hydrogens (tertiary/aromatic N) is 1. The predicted octanol–water partition coefficient (Wildman–Crippen LogP) is 2.77. The molecule has 22 heavy (non-hydrogen) atoms. The lowest BCUT2D eigenvalue weighted by molar-refractivity contribution is -0.137. The molecule has 0 bridgehead atoms. The van der Waals surface area contributed by atoms with E-state index in [0.717, 1.165) is 17.3 Å². The molecule has 0 unspecified atom stereocenters. The highest BCUT2D eigenvalue weighted by atomic mass is 32.2. The van der Waals surface area contributed by atoms with Gasteiger partial charge in [0, 0.05) is 18.5 Å². The first-order chi connectivity index (χ1) is 10.4. The fourth-order valence-electron chi connectivity index (χ4n) is 2.02. The van der Waals surface area contributed by atoms with Gasteiger partial charge in [-0.1, -0.05) is 42.2 Å². The monoisotopic (exact) mass is 337 g/mol. The van der Waals surface area contributed by atoms with Crippen molar-refractivity contribution in [3.8, 4) is 5.75 Å². The van der Waals surface area contributed by atoms with Gasteiger partial charge < -0.3 is 10.2 Å². The summed E-state index contributed by atoms with van der Waals surface area (Å²) < 4.78 is 0.411. The highest BCUT2D eigenvalue weighted by Gasteiger charge is 2.31. The number of carbonyl (C=O) groups excluding carboxylic acids is 1. The van der Waals surface area contributed by atoms with Crippen molar-refractivity contribution in [1.82, 2.24) is 4.90 Å². The zero-order valence-electron chi connectivity index (χ0n) is 11.9. The largest absolute Gasteiger partial charge is 0.507 e. The number of thiocarbonyl (C=S) groups is 1. The molecule has 1 aliphatic heterocycles. The average molecular weight is 337 g/mol. The van der Waals surface area contributed by atoms with Crippen LogP contribution in [0.25, 0.3) is 6.08 Å². The second-order valence-electron chi connectivity index (χ2n) is 4.84. The van der Waals surface area contributed by atoms with Gasteiger partial charge >= 0.3 is 5.97 Å². The fourth-order valence-corrected chi connectivity index (χ4v) is 3.32. The third kappa shape index (κ3) is 3.66. The van der Waals surface area contributed by atoms with E-state index in [-0.39, 0.29) is 24.6 Å². The summed E-state index contributed by atoms with van der Waals surface area (Å²) in [6.45, 7) is 2.07. The standard InChI is InChI=1S/C15H15NO4S2/c1-9-4-2-5-10(13(9)19)8-11-14(20)16(15(21)22-11)7-3-6-12(17)18/h2,4-5,8,19H,3,6-7H2,1H3,(H,17,18). The van der Waals surface area contributed by atoms with Gasteiger partial charge in [-0.25, -0.2) is 0 Å². The summed E-state index contributed by atoms with van der Waals surface area (Å²) in [5.74, 6) is -1.01. The number of thioether (sulfide) groups is 1. The first-order valence-corrected chi connectivity index (χ1v) is 7.88. The number of benzene rings is 1. The van der Waals surface area contributed by atoms with Crippen molar-refractivity contribution in [3.05, 3.63) is 34.2 Å². The molecule has 2 N–H and O–H groups in total. The number of phenols is 1. The quantitative estimate of drug-likeness (QED) is 0.635. The number of aliphatic carboxylic acids is 1. The van der Waals surface area contributed by atoms with Gasteiger partial charge in [-0.2, -0.15) is 0 Å². The van der Waals surface area contributed by atoms with Gasteiger partial charge in [0.25, 0.3) is 5.91 Å². The molecule has 7 heteroatoms. The Balaban J connectivity index is 2.15. The summed E-state index contributed by atoms with van der Waals surface area (Å²) >= 11 is 6.33. The van der Waals surface area contributed by atoms with Gasteiger partial charge in [-0.05, 0) is 25.0 Å². The zero-order chi connectivity index (χ0) is 16.3. The van der Waals surface area contributed by atoms with E-state index in [4.69, 9.17) is 17.3 Å². The minimum atomic E-state index is -0.898. The van der Waals surface area contributed by atoms with Crippen LogP contribution >= 0.6 is 24.0 Å².